The van der Waals surface area contributed by atoms with Crippen LogP contribution >= 0.6 is 38.5 Å². The lowest BCUT2D eigenvalue weighted by molar-refractivity contribution is 0.321. The van der Waals surface area contributed by atoms with Gasteiger partial charge in [0.2, 0.25) is 5.75 Å². The summed E-state index contributed by atoms with van der Waals surface area (Å²) in [5, 5.41) is 0. The molecule has 0 saturated heterocycles. The molecule has 1 aromatic carbocycles. The van der Waals surface area contributed by atoms with E-state index in [0.717, 1.165) is 8.04 Å². The van der Waals surface area contributed by atoms with E-state index in [-0.39, 0.29) is 0 Å². The van der Waals surface area contributed by atoms with Crippen molar-refractivity contribution in [2.24, 2.45) is 0 Å². The number of benzene rings is 1. The van der Waals surface area contributed by atoms with Gasteiger partial charge in [-0.05, 0) is 44.6 Å². The molecule has 0 amide bonds. The molecule has 3 nitrogen and oxygen atoms in total. The second-order valence-electron chi connectivity index (χ2n) is 2.44. The smallest absolute Gasteiger partial charge is 0.205 e. The molecule has 0 aromatic heterocycles. The van der Waals surface area contributed by atoms with E-state index in [0.29, 0.717) is 17.2 Å². The molecule has 0 aliphatic carbocycles. The molecule has 0 spiro atoms. The summed E-state index contributed by atoms with van der Waals surface area (Å²) in [7, 11) is 4.78. The van der Waals surface area contributed by atoms with E-state index in [4.69, 9.17) is 14.2 Å². The van der Waals surface area contributed by atoms with Crippen molar-refractivity contribution in [3.05, 3.63) is 14.1 Å². The molecule has 0 aliphatic heterocycles. The maximum atomic E-state index is 5.24. The molecule has 14 heavy (non-hydrogen) atoms. The Morgan fingerprint density at radius 1 is 1.00 bits per heavy atom. The summed E-state index contributed by atoms with van der Waals surface area (Å²) in [6.07, 6.45) is 0. The monoisotopic (exact) mass is 372 g/mol. The van der Waals surface area contributed by atoms with Gasteiger partial charge >= 0.3 is 0 Å². The highest BCUT2D eigenvalue weighted by Crippen LogP contribution is 2.45. The van der Waals surface area contributed by atoms with E-state index in [1.807, 2.05) is 6.07 Å². The topological polar surface area (TPSA) is 27.7 Å². The number of methoxy groups -OCH3 is 3. The highest BCUT2D eigenvalue weighted by atomic mass is 127. The van der Waals surface area contributed by atoms with Crippen LogP contribution in [-0.2, 0) is 0 Å². The zero-order valence-corrected chi connectivity index (χ0v) is 11.8. The van der Waals surface area contributed by atoms with Gasteiger partial charge in [-0.15, -0.1) is 0 Å². The van der Waals surface area contributed by atoms with Gasteiger partial charge in [-0.2, -0.15) is 0 Å². The maximum absolute atomic E-state index is 5.24. The van der Waals surface area contributed by atoms with Crippen LogP contribution in [0.1, 0.15) is 0 Å². The van der Waals surface area contributed by atoms with Crippen LogP contribution in [0.4, 0.5) is 0 Å². The van der Waals surface area contributed by atoms with Crippen LogP contribution in [0.2, 0.25) is 0 Å². The Morgan fingerprint density at radius 3 is 1.93 bits per heavy atom. The first-order valence-electron chi connectivity index (χ1n) is 3.79. The Balaban J connectivity index is 3.43. The van der Waals surface area contributed by atoms with E-state index >= 15 is 0 Å². The van der Waals surface area contributed by atoms with Crippen molar-refractivity contribution in [3.63, 3.8) is 0 Å². The van der Waals surface area contributed by atoms with Crippen LogP contribution in [0.5, 0.6) is 17.2 Å². The predicted molar refractivity (Wildman–Crippen MR) is 66.5 cm³/mol. The normalized spacial score (nSPS) is 9.79. The Hall–Kier alpha value is -0.170. The van der Waals surface area contributed by atoms with Gasteiger partial charge in [0.25, 0.3) is 0 Å². The van der Waals surface area contributed by atoms with Gasteiger partial charge in [0.05, 0.1) is 29.4 Å². The minimum Gasteiger partial charge on any atom is -0.492 e. The molecule has 1 aromatic rings. The number of hydrogen-bond donors (Lipinski definition) is 0. The zero-order chi connectivity index (χ0) is 10.7. The molecule has 0 unspecified atom stereocenters. The SMILES string of the molecule is COc1c(Br)cc(I)c(OC)c1OC. The van der Waals surface area contributed by atoms with Crippen molar-refractivity contribution in [2.45, 2.75) is 0 Å². The average Bonchev–Trinajstić information content (AvgIpc) is 2.16. The summed E-state index contributed by atoms with van der Waals surface area (Å²) >= 11 is 5.57. The van der Waals surface area contributed by atoms with Crippen molar-refractivity contribution in [3.8, 4) is 17.2 Å². The van der Waals surface area contributed by atoms with Crippen molar-refractivity contribution in [1.29, 1.82) is 0 Å². The maximum Gasteiger partial charge on any atom is 0.205 e. The second kappa shape index (κ2) is 5.06. The first-order chi connectivity index (χ1) is 6.65. The predicted octanol–water partition coefficient (Wildman–Crippen LogP) is 3.08. The van der Waals surface area contributed by atoms with Gasteiger partial charge in [-0.1, -0.05) is 0 Å². The lowest BCUT2D eigenvalue weighted by Crippen LogP contribution is -1.97. The molecule has 1 rings (SSSR count). The van der Waals surface area contributed by atoms with Crippen LogP contribution in [0.15, 0.2) is 10.5 Å². The Bertz CT molecular complexity index is 313. The second-order valence-corrected chi connectivity index (χ2v) is 4.46. The summed E-state index contributed by atoms with van der Waals surface area (Å²) < 4.78 is 17.5. The fraction of sp³-hybridized carbons (Fsp3) is 0.333. The standard InChI is InChI=1S/C9H10BrIO3/c1-12-7-5(10)4-6(11)8(13-2)9(7)14-3/h4H,1-3H3. The molecule has 0 saturated carbocycles. The van der Waals surface area contributed by atoms with Crippen LogP contribution < -0.4 is 14.2 Å². The molecular formula is C9H10BrIO3. The third-order valence-corrected chi connectivity index (χ3v) is 3.10. The Morgan fingerprint density at radius 2 is 1.50 bits per heavy atom. The summed E-state index contributed by atoms with van der Waals surface area (Å²) in [5.74, 6) is 1.94. The largest absolute Gasteiger partial charge is 0.492 e. The molecule has 0 fully saturated rings. The fourth-order valence-electron chi connectivity index (χ4n) is 1.13. The van der Waals surface area contributed by atoms with Crippen molar-refractivity contribution in [2.75, 3.05) is 21.3 Å². The van der Waals surface area contributed by atoms with Crippen LogP contribution in [0.3, 0.4) is 0 Å². The molecule has 78 valence electrons. The van der Waals surface area contributed by atoms with Crippen LogP contribution in [-0.4, -0.2) is 21.3 Å². The summed E-state index contributed by atoms with van der Waals surface area (Å²) in [5.41, 5.74) is 0. The molecule has 5 heteroatoms. The number of ether oxygens (including phenoxy) is 3. The van der Waals surface area contributed by atoms with E-state index in [9.17, 15) is 0 Å². The summed E-state index contributed by atoms with van der Waals surface area (Å²) in [6.45, 7) is 0. The molecule has 0 heterocycles. The molecule has 0 bridgehead atoms. The third kappa shape index (κ3) is 2.08. The Labute approximate surface area is 105 Å². The number of hydrogen-bond acceptors (Lipinski definition) is 3. The van der Waals surface area contributed by atoms with Gasteiger partial charge in [-0.3, -0.25) is 0 Å². The van der Waals surface area contributed by atoms with E-state index in [2.05, 4.69) is 38.5 Å². The lowest BCUT2D eigenvalue weighted by Gasteiger charge is -2.14. The first-order valence-corrected chi connectivity index (χ1v) is 5.66. The van der Waals surface area contributed by atoms with Gasteiger partial charge in [0.1, 0.15) is 0 Å². The molecule has 0 atom stereocenters. The van der Waals surface area contributed by atoms with Crippen LogP contribution in [0.25, 0.3) is 0 Å². The Kier molecular flexibility index (Phi) is 4.31. The number of halogens is 2. The summed E-state index contributed by atoms with van der Waals surface area (Å²) in [4.78, 5) is 0. The van der Waals surface area contributed by atoms with Gasteiger partial charge in [0, 0.05) is 0 Å². The minimum absolute atomic E-state index is 0.605. The van der Waals surface area contributed by atoms with Crippen molar-refractivity contribution >= 4 is 38.5 Å². The molecule has 0 aliphatic rings. The van der Waals surface area contributed by atoms with Gasteiger partial charge < -0.3 is 14.2 Å². The van der Waals surface area contributed by atoms with Gasteiger partial charge in [-0.25, -0.2) is 0 Å². The van der Waals surface area contributed by atoms with Gasteiger partial charge in [0.15, 0.2) is 11.5 Å². The highest BCUT2D eigenvalue weighted by molar-refractivity contribution is 14.1. The average molecular weight is 373 g/mol. The van der Waals surface area contributed by atoms with E-state index in [1.54, 1.807) is 21.3 Å². The molecule has 0 N–H and O–H groups in total. The van der Waals surface area contributed by atoms with Crippen molar-refractivity contribution in [1.82, 2.24) is 0 Å². The molecule has 0 radical (unpaired) electrons. The lowest BCUT2D eigenvalue weighted by atomic mass is 10.3. The van der Waals surface area contributed by atoms with Crippen molar-refractivity contribution < 1.29 is 14.2 Å². The minimum atomic E-state index is 0.605. The molecular weight excluding hydrogens is 363 g/mol. The van der Waals surface area contributed by atoms with Crippen LogP contribution in [0, 0.1) is 3.57 Å². The fourth-order valence-corrected chi connectivity index (χ4v) is 2.90. The quantitative estimate of drug-likeness (QED) is 0.763. The number of rotatable bonds is 3. The highest BCUT2D eigenvalue weighted by Gasteiger charge is 2.17. The first kappa shape index (κ1) is 11.9. The summed E-state index contributed by atoms with van der Waals surface area (Å²) in [6, 6.07) is 1.92. The van der Waals surface area contributed by atoms with E-state index < -0.39 is 0 Å². The third-order valence-electron chi connectivity index (χ3n) is 1.71. The van der Waals surface area contributed by atoms with E-state index in [1.165, 1.54) is 0 Å². The zero-order valence-electron chi connectivity index (χ0n) is 8.06.